The molecule has 3 amide bonds. The maximum atomic E-state index is 13.3. The lowest BCUT2D eigenvalue weighted by Gasteiger charge is -2.34. The number of hydrogen-bond acceptors (Lipinski definition) is 9. The summed E-state index contributed by atoms with van der Waals surface area (Å²) in [6, 6.07) is 2.32. The second-order valence-corrected chi connectivity index (χ2v) is 16.7. The fraction of sp³-hybridized carbons (Fsp3) is 0.654. The predicted octanol–water partition coefficient (Wildman–Crippen LogP) is 0.851. The Bertz CT molecular complexity index is 1410. The van der Waals surface area contributed by atoms with E-state index in [2.05, 4.69) is 9.62 Å². The van der Waals surface area contributed by atoms with Crippen molar-refractivity contribution in [1.29, 1.82) is 0 Å². The van der Waals surface area contributed by atoms with Crippen LogP contribution in [0.1, 0.15) is 37.0 Å². The molecule has 0 spiro atoms. The summed E-state index contributed by atoms with van der Waals surface area (Å²) >= 11 is 7.13. The van der Waals surface area contributed by atoms with Crippen LogP contribution in [0.4, 0.5) is 0 Å². The Kier molecular flexibility index (Phi) is 10.7. The molecule has 3 aliphatic rings. The Balaban J connectivity index is 1.29. The zero-order valence-electron chi connectivity index (χ0n) is 23.8. The summed E-state index contributed by atoms with van der Waals surface area (Å²) in [4.78, 5) is 46.4. The number of sulfone groups is 1. The van der Waals surface area contributed by atoms with Gasteiger partial charge in [-0.15, -0.1) is 11.3 Å². The van der Waals surface area contributed by atoms with Gasteiger partial charge in [0.15, 0.2) is 9.84 Å². The van der Waals surface area contributed by atoms with Crippen LogP contribution < -0.4 is 4.72 Å². The largest absolute Gasteiger partial charge is 0.341 e. The predicted molar refractivity (Wildman–Crippen MR) is 162 cm³/mol. The van der Waals surface area contributed by atoms with Crippen LogP contribution in [-0.2, 0) is 34.2 Å². The second kappa shape index (κ2) is 13.7. The minimum absolute atomic E-state index is 0.0293. The molecule has 1 aromatic heterocycles. The van der Waals surface area contributed by atoms with E-state index < -0.39 is 43.5 Å². The van der Waals surface area contributed by atoms with Gasteiger partial charge in [-0.1, -0.05) is 11.6 Å². The van der Waals surface area contributed by atoms with Gasteiger partial charge in [-0.05, 0) is 50.3 Å². The smallest absolute Gasteiger partial charge is 0.242 e. The van der Waals surface area contributed by atoms with Crippen molar-refractivity contribution in [1.82, 2.24) is 24.3 Å². The minimum Gasteiger partial charge on any atom is -0.341 e. The van der Waals surface area contributed by atoms with Crippen molar-refractivity contribution in [3.8, 4) is 0 Å². The van der Waals surface area contributed by atoms with Crippen molar-refractivity contribution in [3.05, 3.63) is 26.8 Å². The second-order valence-electron chi connectivity index (χ2n) is 11.2. The number of likely N-dealkylation sites (N-methyl/N-ethyl adjacent to an activating group) is 1. The number of amides is 3. The molecule has 16 heteroatoms. The topological polar surface area (TPSA) is 144 Å². The number of halogens is 1. The number of nitrogens with one attached hydrogen (secondary N) is 1. The third-order valence-electron chi connectivity index (χ3n) is 7.91. The van der Waals surface area contributed by atoms with E-state index in [-0.39, 0.29) is 24.5 Å². The first-order valence-corrected chi connectivity index (χ1v) is 18.7. The maximum absolute atomic E-state index is 13.3. The summed E-state index contributed by atoms with van der Waals surface area (Å²) in [6.45, 7) is 2.83. The van der Waals surface area contributed by atoms with Crippen LogP contribution in [0.3, 0.4) is 0 Å². The fourth-order valence-electron chi connectivity index (χ4n) is 5.75. The number of rotatable bonds is 11. The van der Waals surface area contributed by atoms with Crippen LogP contribution in [0.15, 0.2) is 17.5 Å². The number of carbonyl (C=O) groups excluding carboxylic acids is 3. The SMILES string of the molecule is CN(C(=O)CS(C)(=O)=O)C1CCN(C[C@@H]2CCCN2C(=O)CN2CCC[C@H](NS(=O)(=O)C=Cc3ccc(Cl)s3)C2=O)C1. The third kappa shape index (κ3) is 8.99. The highest BCUT2D eigenvalue weighted by molar-refractivity contribution is 7.92. The van der Waals surface area contributed by atoms with Gasteiger partial charge in [0.25, 0.3) is 0 Å². The van der Waals surface area contributed by atoms with E-state index in [1.807, 2.05) is 4.90 Å². The van der Waals surface area contributed by atoms with E-state index in [0.29, 0.717) is 48.2 Å². The summed E-state index contributed by atoms with van der Waals surface area (Å²) in [6.07, 6.45) is 5.79. The molecule has 3 saturated heterocycles. The lowest BCUT2D eigenvalue weighted by atomic mass is 10.1. The Labute approximate surface area is 256 Å². The van der Waals surface area contributed by atoms with E-state index in [1.165, 1.54) is 27.2 Å². The highest BCUT2D eigenvalue weighted by Gasteiger charge is 2.37. The van der Waals surface area contributed by atoms with Gasteiger partial charge in [-0.2, -0.15) is 4.72 Å². The van der Waals surface area contributed by atoms with Gasteiger partial charge in [0.05, 0.1) is 10.9 Å². The molecular formula is C26H38ClN5O7S3. The zero-order valence-corrected chi connectivity index (χ0v) is 27.0. The van der Waals surface area contributed by atoms with Crippen molar-refractivity contribution in [2.24, 2.45) is 0 Å². The van der Waals surface area contributed by atoms with E-state index in [1.54, 1.807) is 19.2 Å². The van der Waals surface area contributed by atoms with Crippen LogP contribution in [0.5, 0.6) is 0 Å². The van der Waals surface area contributed by atoms with Gasteiger partial charge in [-0.3, -0.25) is 19.3 Å². The Morgan fingerprint density at radius 2 is 1.86 bits per heavy atom. The number of hydrogen-bond donors (Lipinski definition) is 1. The molecule has 3 fully saturated rings. The summed E-state index contributed by atoms with van der Waals surface area (Å²) < 4.78 is 51.3. The van der Waals surface area contributed by atoms with Crippen LogP contribution in [0.25, 0.3) is 6.08 Å². The van der Waals surface area contributed by atoms with E-state index in [9.17, 15) is 31.2 Å². The van der Waals surface area contributed by atoms with E-state index >= 15 is 0 Å². The van der Waals surface area contributed by atoms with Crippen molar-refractivity contribution in [3.63, 3.8) is 0 Å². The third-order valence-corrected chi connectivity index (χ3v) is 11.0. The summed E-state index contributed by atoms with van der Waals surface area (Å²) in [5, 5.41) is 1.02. The van der Waals surface area contributed by atoms with Gasteiger partial charge in [0.2, 0.25) is 27.7 Å². The van der Waals surface area contributed by atoms with Crippen LogP contribution in [0, 0.1) is 0 Å². The molecule has 0 saturated carbocycles. The van der Waals surface area contributed by atoms with Crippen LogP contribution >= 0.6 is 22.9 Å². The van der Waals surface area contributed by atoms with Gasteiger partial charge in [0, 0.05) is 68.4 Å². The fourth-order valence-corrected chi connectivity index (χ4v) is 8.47. The number of thiophene rings is 1. The lowest BCUT2D eigenvalue weighted by molar-refractivity contribution is -0.143. The maximum Gasteiger partial charge on any atom is 0.242 e. The van der Waals surface area contributed by atoms with Gasteiger partial charge in [0.1, 0.15) is 11.8 Å². The number of nitrogens with zero attached hydrogens (tertiary/aromatic N) is 4. The van der Waals surface area contributed by atoms with Gasteiger partial charge >= 0.3 is 0 Å². The zero-order chi connectivity index (χ0) is 30.7. The molecule has 0 aliphatic carbocycles. The van der Waals surface area contributed by atoms with Crippen molar-refractivity contribution in [2.45, 2.75) is 50.2 Å². The molecule has 0 radical (unpaired) electrons. The monoisotopic (exact) mass is 663 g/mol. The van der Waals surface area contributed by atoms with Crippen LogP contribution in [0.2, 0.25) is 4.34 Å². The molecule has 0 bridgehead atoms. The van der Waals surface area contributed by atoms with Crippen molar-refractivity contribution >= 4 is 66.6 Å². The molecule has 4 rings (SSSR count). The first kappa shape index (κ1) is 32.9. The first-order valence-electron chi connectivity index (χ1n) is 13.9. The normalized spacial score (nSPS) is 24.2. The average molecular weight is 664 g/mol. The Morgan fingerprint density at radius 1 is 1.12 bits per heavy atom. The molecule has 1 unspecified atom stereocenters. The summed E-state index contributed by atoms with van der Waals surface area (Å²) in [5.41, 5.74) is 0. The number of carbonyl (C=O) groups is 3. The molecule has 12 nitrogen and oxygen atoms in total. The quantitative estimate of drug-likeness (QED) is 0.367. The number of likely N-dealkylation sites (tertiary alicyclic amines) is 3. The molecule has 42 heavy (non-hydrogen) atoms. The Morgan fingerprint density at radius 3 is 2.55 bits per heavy atom. The van der Waals surface area contributed by atoms with Crippen molar-refractivity contribution < 1.29 is 31.2 Å². The highest BCUT2D eigenvalue weighted by atomic mass is 35.5. The molecule has 0 aromatic carbocycles. The van der Waals surface area contributed by atoms with Gasteiger partial charge < -0.3 is 14.7 Å². The summed E-state index contributed by atoms with van der Waals surface area (Å²) in [5.74, 6) is -1.51. The van der Waals surface area contributed by atoms with Gasteiger partial charge in [-0.25, -0.2) is 16.8 Å². The molecular weight excluding hydrogens is 626 g/mol. The number of sulfonamides is 1. The number of piperidine rings is 1. The lowest BCUT2D eigenvalue weighted by Crippen LogP contribution is -2.55. The van der Waals surface area contributed by atoms with Crippen molar-refractivity contribution in [2.75, 3.05) is 58.3 Å². The summed E-state index contributed by atoms with van der Waals surface area (Å²) in [7, 11) is -5.66. The first-order chi connectivity index (χ1) is 19.7. The standard InChI is InChI=1S/C26H38ClN5O7S3/c1-29(25(34)18-41(2,36)37)19-9-13-30(15-19)16-20-5-3-12-32(20)24(33)17-31-11-4-6-22(26(31)35)28-42(38,39)14-10-21-7-8-23(27)40-21/h7-8,10,14,19-20,22,28H,3-6,9,11-13,15-18H2,1-2H3/t19?,20-,22-/m0/s1. The van der Waals surface area contributed by atoms with Crippen LogP contribution in [-0.4, -0.2) is 131 Å². The molecule has 234 valence electrons. The molecule has 1 N–H and O–H groups in total. The highest BCUT2D eigenvalue weighted by Crippen LogP contribution is 2.24. The molecule has 1 aromatic rings. The average Bonchev–Trinajstić information content (AvgIpc) is 3.65. The molecule has 3 aliphatic heterocycles. The molecule has 4 heterocycles. The minimum atomic E-state index is -3.89. The van der Waals surface area contributed by atoms with E-state index in [4.69, 9.17) is 11.6 Å². The Hall–Kier alpha value is -2.04. The molecule has 3 atom stereocenters. The van der Waals surface area contributed by atoms with E-state index in [0.717, 1.165) is 37.5 Å².